The molecule has 62 heavy (non-hydrogen) atoms. The quantitative estimate of drug-likeness (QED) is 0.104. The Morgan fingerprint density at radius 2 is 1.08 bits per heavy atom. The third kappa shape index (κ3) is 8.26. The summed E-state index contributed by atoms with van der Waals surface area (Å²) >= 11 is 0. The Bertz CT molecular complexity index is 2300. The van der Waals surface area contributed by atoms with E-state index in [1.807, 2.05) is 61.8 Å². The first-order valence-corrected chi connectivity index (χ1v) is 21.7. The highest BCUT2D eigenvalue weighted by molar-refractivity contribution is 5.87. The van der Waals surface area contributed by atoms with E-state index in [9.17, 15) is 23.6 Å². The van der Waals surface area contributed by atoms with Crippen LogP contribution in [0.25, 0.3) is 22.1 Å². The fourth-order valence-electron chi connectivity index (χ4n) is 9.65. The lowest BCUT2D eigenvalue weighted by atomic mass is 10.0. The molecule has 3 aromatic carbocycles. The summed E-state index contributed by atoms with van der Waals surface area (Å²) < 4.78 is 24.0. The second-order valence-corrected chi connectivity index (χ2v) is 17.4. The second kappa shape index (κ2) is 17.7. The molecule has 3 saturated heterocycles. The largest absolute Gasteiger partial charge is 0.453 e. The molecule has 0 spiro atoms. The smallest absolute Gasteiger partial charge is 0.407 e. The number of nitrogens with zero attached hydrogens (tertiary/aromatic N) is 5. The van der Waals surface area contributed by atoms with Gasteiger partial charge in [-0.3, -0.25) is 9.59 Å². The van der Waals surface area contributed by atoms with Crippen molar-refractivity contribution in [1.82, 2.24) is 40.4 Å². The van der Waals surface area contributed by atoms with E-state index in [2.05, 4.69) is 49.8 Å². The normalized spacial score (nSPS) is 21.3. The molecule has 3 aliphatic heterocycles. The number of hydrogen-bond acceptors (Lipinski definition) is 9. The van der Waals surface area contributed by atoms with E-state index >= 15 is 0 Å². The molecule has 16 heteroatoms. The molecule has 3 fully saturated rings. The highest BCUT2D eigenvalue weighted by atomic mass is 19.1. The zero-order valence-electron chi connectivity index (χ0n) is 36.1. The van der Waals surface area contributed by atoms with Gasteiger partial charge in [-0.2, -0.15) is 0 Å². The van der Waals surface area contributed by atoms with E-state index in [1.165, 1.54) is 26.4 Å². The van der Waals surface area contributed by atoms with Gasteiger partial charge in [0, 0.05) is 18.8 Å². The molecular weight excluding hydrogens is 794 g/mol. The number of fused-ring (bicyclic) bond motifs is 2. The Balaban J connectivity index is 1.06. The van der Waals surface area contributed by atoms with Gasteiger partial charge in [0.2, 0.25) is 11.8 Å². The number of amides is 4. The zero-order chi connectivity index (χ0) is 43.8. The minimum Gasteiger partial charge on any atom is -0.453 e. The van der Waals surface area contributed by atoms with Crippen molar-refractivity contribution in [3.05, 3.63) is 89.3 Å². The Labute approximate surface area is 360 Å². The van der Waals surface area contributed by atoms with Crippen LogP contribution in [0.5, 0.6) is 0 Å². The van der Waals surface area contributed by atoms with Crippen molar-refractivity contribution in [2.45, 2.75) is 102 Å². The molecule has 0 unspecified atom stereocenters. The Morgan fingerprint density at radius 1 is 0.645 bits per heavy atom. The van der Waals surface area contributed by atoms with Crippen LogP contribution in [-0.2, 0) is 19.1 Å². The number of benzene rings is 3. The number of hydrogen-bond donors (Lipinski definition) is 4. The average molecular weight is 850 g/mol. The van der Waals surface area contributed by atoms with Crippen LogP contribution in [0, 0.1) is 17.7 Å². The lowest BCUT2D eigenvalue weighted by molar-refractivity contribution is -0.136. The molecule has 0 aliphatic carbocycles. The Hall–Kier alpha value is -6.19. The van der Waals surface area contributed by atoms with Gasteiger partial charge in [0.25, 0.3) is 0 Å². The van der Waals surface area contributed by atoms with Gasteiger partial charge < -0.3 is 44.8 Å². The summed E-state index contributed by atoms with van der Waals surface area (Å²) in [6, 6.07) is 17.1. The van der Waals surface area contributed by atoms with Gasteiger partial charge in [0.1, 0.15) is 29.5 Å². The van der Waals surface area contributed by atoms with Gasteiger partial charge in [0.15, 0.2) is 0 Å². The van der Waals surface area contributed by atoms with Crippen LogP contribution in [0.1, 0.15) is 113 Å². The molecule has 328 valence electrons. The van der Waals surface area contributed by atoms with Gasteiger partial charge in [0.05, 0.1) is 60.5 Å². The Morgan fingerprint density at radius 3 is 1.48 bits per heavy atom. The van der Waals surface area contributed by atoms with Gasteiger partial charge in [-0.1, -0.05) is 39.8 Å². The number of halogens is 1. The number of anilines is 1. The molecule has 5 heterocycles. The van der Waals surface area contributed by atoms with Crippen molar-refractivity contribution in [2.24, 2.45) is 11.8 Å². The van der Waals surface area contributed by atoms with Crippen molar-refractivity contribution in [1.29, 1.82) is 0 Å². The number of alkyl carbamates (subject to hydrolysis) is 2. The topological polar surface area (TPSA) is 178 Å². The van der Waals surface area contributed by atoms with Gasteiger partial charge in [-0.05, 0) is 110 Å². The molecule has 3 aliphatic rings. The maximum Gasteiger partial charge on any atom is 0.407 e. The highest BCUT2D eigenvalue weighted by Gasteiger charge is 2.40. The molecule has 15 nitrogen and oxygen atoms in total. The van der Waals surface area contributed by atoms with Gasteiger partial charge >= 0.3 is 12.2 Å². The van der Waals surface area contributed by atoms with Crippen LogP contribution in [0.15, 0.2) is 60.7 Å². The molecular formula is C46H56FN9O6. The summed E-state index contributed by atoms with van der Waals surface area (Å²) in [4.78, 5) is 74.8. The lowest BCUT2D eigenvalue weighted by Crippen LogP contribution is -2.51. The number of rotatable bonds is 11. The predicted octanol–water partition coefficient (Wildman–Crippen LogP) is 7.75. The summed E-state index contributed by atoms with van der Waals surface area (Å²) in [6.07, 6.45) is 3.52. The van der Waals surface area contributed by atoms with Crippen LogP contribution in [0.2, 0.25) is 0 Å². The third-order valence-corrected chi connectivity index (χ3v) is 12.8. The first-order chi connectivity index (χ1) is 29.8. The minimum atomic E-state index is -0.725. The van der Waals surface area contributed by atoms with Crippen LogP contribution in [0.3, 0.4) is 0 Å². The molecule has 4 amide bonds. The van der Waals surface area contributed by atoms with E-state index in [1.54, 1.807) is 0 Å². The van der Waals surface area contributed by atoms with Crippen LogP contribution in [-0.4, -0.2) is 93.1 Å². The van der Waals surface area contributed by atoms with Crippen LogP contribution < -0.4 is 15.5 Å². The monoisotopic (exact) mass is 849 g/mol. The average Bonchev–Trinajstić information content (AvgIpc) is 4.12. The lowest BCUT2D eigenvalue weighted by Gasteiger charge is -2.33. The molecule has 6 atom stereocenters. The highest BCUT2D eigenvalue weighted by Crippen LogP contribution is 2.48. The number of H-pyrrole nitrogens is 2. The van der Waals surface area contributed by atoms with E-state index in [0.717, 1.165) is 77.4 Å². The van der Waals surface area contributed by atoms with Crippen molar-refractivity contribution in [2.75, 3.05) is 32.2 Å². The fourth-order valence-corrected chi connectivity index (χ4v) is 9.65. The number of aromatic amines is 2. The standard InChI is InChI=1S/C46H56FN9O6/c1-25(2)39(52-45(59)61-5)43(57)54-21-7-9-37(54)41-48-31-17-11-27(23-33(31)50-41)35-19-20-36(56(35)30-15-13-29(47)14-16-30)28-12-18-32-34(24-28)51-42(49-32)38-10-8-22-55(38)44(58)40(26(3)4)53-46(60)62-6/h11-18,23-26,35-40H,7-10,19-22H2,1-6H3,(H,48,50)(H,49,51)(H,52,59)(H,53,60)/t35-,36-,37-,38-,39-,40-/m0/s1. The van der Waals surface area contributed by atoms with Crippen molar-refractivity contribution in [3.8, 4) is 0 Å². The number of ether oxygens (including phenoxy) is 2. The van der Waals surface area contributed by atoms with E-state index in [0.29, 0.717) is 24.7 Å². The zero-order valence-corrected chi connectivity index (χ0v) is 36.1. The maximum atomic E-state index is 14.4. The van der Waals surface area contributed by atoms with E-state index in [4.69, 9.17) is 19.4 Å². The van der Waals surface area contributed by atoms with Crippen molar-refractivity contribution < 1.29 is 33.0 Å². The molecule has 4 N–H and O–H groups in total. The first kappa shape index (κ1) is 42.5. The number of carbonyl (C=O) groups excluding carboxylic acids is 4. The molecule has 5 aromatic rings. The van der Waals surface area contributed by atoms with Crippen molar-refractivity contribution >= 4 is 51.8 Å². The number of likely N-dealkylation sites (tertiary alicyclic amines) is 2. The molecule has 0 saturated carbocycles. The number of methoxy groups -OCH3 is 2. The summed E-state index contributed by atoms with van der Waals surface area (Å²) in [5.74, 6) is 0.509. The number of imidazole rings is 2. The Kier molecular flexibility index (Phi) is 12.1. The molecule has 0 radical (unpaired) electrons. The number of nitrogens with one attached hydrogen (secondary N) is 4. The van der Waals surface area contributed by atoms with Gasteiger partial charge in [-0.25, -0.2) is 23.9 Å². The summed E-state index contributed by atoms with van der Waals surface area (Å²) in [7, 11) is 2.57. The third-order valence-electron chi connectivity index (χ3n) is 12.8. The second-order valence-electron chi connectivity index (χ2n) is 17.4. The van der Waals surface area contributed by atoms with Crippen molar-refractivity contribution in [3.63, 3.8) is 0 Å². The van der Waals surface area contributed by atoms with Crippen LogP contribution >= 0.6 is 0 Å². The molecule has 8 rings (SSSR count). The number of carbonyl (C=O) groups is 4. The van der Waals surface area contributed by atoms with Gasteiger partial charge in [-0.15, -0.1) is 0 Å². The predicted molar refractivity (Wildman–Crippen MR) is 231 cm³/mol. The molecule has 2 aromatic heterocycles. The fraction of sp³-hybridized carbons (Fsp3) is 0.478. The van der Waals surface area contributed by atoms with E-state index < -0.39 is 24.3 Å². The van der Waals surface area contributed by atoms with Crippen LogP contribution in [0.4, 0.5) is 19.7 Å². The minimum absolute atomic E-state index is 0.0408. The maximum absolute atomic E-state index is 14.4. The first-order valence-electron chi connectivity index (χ1n) is 21.7. The molecule has 0 bridgehead atoms. The summed E-state index contributed by atoms with van der Waals surface area (Å²) in [5, 5.41) is 5.43. The summed E-state index contributed by atoms with van der Waals surface area (Å²) in [6.45, 7) is 8.71. The van der Waals surface area contributed by atoms with E-state index in [-0.39, 0.29) is 53.6 Å². The number of aromatic nitrogens is 4. The summed E-state index contributed by atoms with van der Waals surface area (Å²) in [5.41, 5.74) is 6.37. The SMILES string of the molecule is COC(=O)N[C@H](C(=O)N1CCC[C@H]1c1nc2ccc([C@@H]3CC[C@@H](c4ccc5nc([C@@H]6CCCN6C(=O)[C@@H](NC(=O)OC)C(C)C)[nH]c5c4)N3c3ccc(F)cc3)cc2[nH]1)C(C)C.